The van der Waals surface area contributed by atoms with Crippen molar-refractivity contribution >= 4 is 20.2 Å². The van der Waals surface area contributed by atoms with E-state index >= 15 is 0 Å². The molecule has 0 saturated heterocycles. The third kappa shape index (κ3) is 3.54. The Balaban J connectivity index is 2.36. The number of hydrogen-bond acceptors (Lipinski definition) is 4. The second kappa shape index (κ2) is 6.65. The zero-order chi connectivity index (χ0) is 18.9. The van der Waals surface area contributed by atoms with Gasteiger partial charge in [0, 0.05) is 11.1 Å². The molecule has 0 saturated carbocycles. The quantitative estimate of drug-likeness (QED) is 0.660. The van der Waals surface area contributed by atoms with Crippen molar-refractivity contribution in [3.05, 3.63) is 72.8 Å². The van der Waals surface area contributed by atoms with Gasteiger partial charge in [0.05, 0.1) is 0 Å². The summed E-state index contributed by atoms with van der Waals surface area (Å²) in [6, 6.07) is 18.3. The van der Waals surface area contributed by atoms with Crippen LogP contribution in [0.2, 0.25) is 0 Å². The molecule has 0 bridgehead atoms. The average molecular weight is 390 g/mol. The molecule has 2 N–H and O–H groups in total. The lowest BCUT2D eigenvalue weighted by atomic mass is 9.94. The van der Waals surface area contributed by atoms with Crippen LogP contribution in [-0.4, -0.2) is 25.9 Å². The molecule has 0 aliphatic rings. The Morgan fingerprint density at radius 2 is 0.731 bits per heavy atom. The maximum absolute atomic E-state index is 11.7. The highest BCUT2D eigenvalue weighted by Crippen LogP contribution is 2.37. The van der Waals surface area contributed by atoms with Gasteiger partial charge in [-0.25, -0.2) is 0 Å². The van der Waals surface area contributed by atoms with E-state index in [1.807, 2.05) is 0 Å². The smallest absolute Gasteiger partial charge is 0.282 e. The number of benzene rings is 3. The van der Waals surface area contributed by atoms with Gasteiger partial charge in [-0.15, -0.1) is 0 Å². The monoisotopic (exact) mass is 390 g/mol. The predicted octanol–water partition coefficient (Wildman–Crippen LogP) is 3.51. The molecule has 8 heteroatoms. The number of hydrogen-bond donors (Lipinski definition) is 2. The molecule has 134 valence electrons. The van der Waals surface area contributed by atoms with E-state index in [9.17, 15) is 25.9 Å². The first-order valence-corrected chi connectivity index (χ1v) is 10.3. The van der Waals surface area contributed by atoms with E-state index in [0.717, 1.165) is 0 Å². The molecular weight excluding hydrogens is 376 g/mol. The molecule has 26 heavy (non-hydrogen) atoms. The van der Waals surface area contributed by atoms with Gasteiger partial charge in [-0.2, -0.15) is 16.8 Å². The van der Waals surface area contributed by atoms with Crippen LogP contribution in [0, 0.1) is 0 Å². The molecule has 0 fully saturated rings. The van der Waals surface area contributed by atoms with Crippen LogP contribution in [-0.2, 0) is 20.2 Å². The second-order valence-electron chi connectivity index (χ2n) is 5.49. The minimum atomic E-state index is -4.49. The van der Waals surface area contributed by atoms with Crippen LogP contribution in [0.25, 0.3) is 22.3 Å². The van der Waals surface area contributed by atoms with Crippen LogP contribution >= 0.6 is 0 Å². The lowest BCUT2D eigenvalue weighted by molar-refractivity contribution is 0.481. The van der Waals surface area contributed by atoms with Gasteiger partial charge in [-0.1, -0.05) is 60.7 Å². The Morgan fingerprint density at radius 1 is 0.462 bits per heavy atom. The van der Waals surface area contributed by atoms with Crippen molar-refractivity contribution in [3.63, 3.8) is 0 Å². The summed E-state index contributed by atoms with van der Waals surface area (Å²) in [7, 11) is -8.97. The fraction of sp³-hybridized carbons (Fsp3) is 0. The molecule has 0 atom stereocenters. The summed E-state index contributed by atoms with van der Waals surface area (Å²) in [6.07, 6.45) is 0. The van der Waals surface area contributed by atoms with Crippen molar-refractivity contribution in [1.29, 1.82) is 0 Å². The molecule has 0 aliphatic heterocycles. The van der Waals surface area contributed by atoms with E-state index in [4.69, 9.17) is 0 Å². The number of rotatable bonds is 4. The Hall–Kier alpha value is -2.52. The summed E-state index contributed by atoms with van der Waals surface area (Å²) in [5.74, 6) is 0. The Bertz CT molecular complexity index is 1090. The SMILES string of the molecule is O=S(=O)(O)c1ccccc1-c1ccccc1-c1ccccc1S(=O)(=O)O. The summed E-state index contributed by atoms with van der Waals surface area (Å²) in [5, 5.41) is 0. The van der Waals surface area contributed by atoms with E-state index in [0.29, 0.717) is 11.1 Å². The zero-order valence-electron chi connectivity index (χ0n) is 13.3. The molecule has 3 rings (SSSR count). The van der Waals surface area contributed by atoms with Crippen LogP contribution < -0.4 is 0 Å². The Labute approximate surface area is 151 Å². The van der Waals surface area contributed by atoms with Gasteiger partial charge in [0.2, 0.25) is 0 Å². The lowest BCUT2D eigenvalue weighted by Crippen LogP contribution is -2.03. The third-order valence-electron chi connectivity index (χ3n) is 3.84. The van der Waals surface area contributed by atoms with Gasteiger partial charge in [-0.05, 0) is 23.3 Å². The van der Waals surface area contributed by atoms with E-state index in [1.165, 1.54) is 36.4 Å². The summed E-state index contributed by atoms with van der Waals surface area (Å²) in [6.45, 7) is 0. The van der Waals surface area contributed by atoms with Gasteiger partial charge in [0.25, 0.3) is 20.2 Å². The van der Waals surface area contributed by atoms with Crippen molar-refractivity contribution in [3.8, 4) is 22.3 Å². The van der Waals surface area contributed by atoms with Crippen LogP contribution in [0.1, 0.15) is 0 Å². The highest BCUT2D eigenvalue weighted by molar-refractivity contribution is 7.86. The molecule has 0 spiro atoms. The van der Waals surface area contributed by atoms with Gasteiger partial charge in [0.15, 0.2) is 0 Å². The highest BCUT2D eigenvalue weighted by Gasteiger charge is 2.21. The summed E-state index contributed by atoms with van der Waals surface area (Å²) >= 11 is 0. The Morgan fingerprint density at radius 3 is 1.04 bits per heavy atom. The summed E-state index contributed by atoms with van der Waals surface area (Å²) in [5.41, 5.74) is 1.24. The minimum absolute atomic E-state index is 0.218. The first-order valence-electron chi connectivity index (χ1n) is 7.42. The topological polar surface area (TPSA) is 109 Å². The van der Waals surface area contributed by atoms with Crippen LogP contribution in [0.5, 0.6) is 0 Å². The van der Waals surface area contributed by atoms with E-state index in [1.54, 1.807) is 36.4 Å². The molecule has 0 aliphatic carbocycles. The predicted molar refractivity (Wildman–Crippen MR) is 96.9 cm³/mol. The molecule has 3 aromatic rings. The molecule has 6 nitrogen and oxygen atoms in total. The fourth-order valence-corrected chi connectivity index (χ4v) is 4.19. The van der Waals surface area contributed by atoms with E-state index in [-0.39, 0.29) is 20.9 Å². The Kier molecular flexibility index (Phi) is 4.68. The first kappa shape index (κ1) is 18.3. The lowest BCUT2D eigenvalue weighted by Gasteiger charge is -2.14. The average Bonchev–Trinajstić information content (AvgIpc) is 2.60. The summed E-state index contributed by atoms with van der Waals surface area (Å²) < 4.78 is 65.9. The molecule has 0 radical (unpaired) electrons. The largest absolute Gasteiger partial charge is 0.295 e. The zero-order valence-corrected chi connectivity index (χ0v) is 14.9. The molecule has 0 aromatic heterocycles. The van der Waals surface area contributed by atoms with Crippen molar-refractivity contribution < 1.29 is 25.9 Å². The van der Waals surface area contributed by atoms with Crippen LogP contribution in [0.4, 0.5) is 0 Å². The molecular formula is C18H14O6S2. The van der Waals surface area contributed by atoms with Gasteiger partial charge in [0.1, 0.15) is 9.79 Å². The van der Waals surface area contributed by atoms with Crippen molar-refractivity contribution in [2.24, 2.45) is 0 Å². The van der Waals surface area contributed by atoms with E-state index in [2.05, 4.69) is 0 Å². The van der Waals surface area contributed by atoms with Gasteiger partial charge in [-0.3, -0.25) is 9.11 Å². The summed E-state index contributed by atoms with van der Waals surface area (Å²) in [4.78, 5) is -0.589. The molecule has 0 heterocycles. The molecule has 0 unspecified atom stereocenters. The van der Waals surface area contributed by atoms with Crippen LogP contribution in [0.3, 0.4) is 0 Å². The standard InChI is InChI=1S/C18H14O6S2/c19-25(20,21)17-11-5-3-9-15(17)13-7-1-2-8-14(13)16-10-4-6-12-18(16)26(22,23)24/h1-12H,(H,19,20,21)(H,22,23,24). The van der Waals surface area contributed by atoms with E-state index < -0.39 is 20.2 Å². The maximum atomic E-state index is 11.7. The van der Waals surface area contributed by atoms with Crippen molar-refractivity contribution in [2.75, 3.05) is 0 Å². The maximum Gasteiger partial charge on any atom is 0.295 e. The van der Waals surface area contributed by atoms with Gasteiger partial charge < -0.3 is 0 Å². The minimum Gasteiger partial charge on any atom is -0.282 e. The second-order valence-corrected chi connectivity index (χ2v) is 8.27. The van der Waals surface area contributed by atoms with Gasteiger partial charge >= 0.3 is 0 Å². The van der Waals surface area contributed by atoms with Crippen molar-refractivity contribution in [1.82, 2.24) is 0 Å². The fourth-order valence-electron chi connectivity index (χ4n) is 2.78. The molecule has 0 amide bonds. The van der Waals surface area contributed by atoms with Crippen molar-refractivity contribution in [2.45, 2.75) is 9.79 Å². The highest BCUT2D eigenvalue weighted by atomic mass is 32.2. The normalized spacial score (nSPS) is 12.1. The third-order valence-corrected chi connectivity index (χ3v) is 5.66. The first-order chi connectivity index (χ1) is 12.2. The molecule has 3 aromatic carbocycles. The van der Waals surface area contributed by atoms with Crippen LogP contribution in [0.15, 0.2) is 82.6 Å².